The van der Waals surface area contributed by atoms with Crippen LogP contribution < -0.4 is 5.32 Å². The summed E-state index contributed by atoms with van der Waals surface area (Å²) in [5.41, 5.74) is 0. The Morgan fingerprint density at radius 2 is 2.28 bits per heavy atom. The van der Waals surface area contributed by atoms with Crippen molar-refractivity contribution in [2.45, 2.75) is 23.5 Å². The van der Waals surface area contributed by atoms with Crippen LogP contribution in [0.2, 0.25) is 0 Å². The van der Waals surface area contributed by atoms with Crippen molar-refractivity contribution >= 4 is 24.1 Å². The van der Waals surface area contributed by atoms with E-state index in [1.54, 1.807) is 0 Å². The van der Waals surface area contributed by atoms with Crippen LogP contribution in [0.5, 0.6) is 0 Å². The number of carbonyl (C=O) groups is 2. The van der Waals surface area contributed by atoms with Crippen molar-refractivity contribution < 1.29 is 24.6 Å². The lowest BCUT2D eigenvalue weighted by Gasteiger charge is -2.20. The highest BCUT2D eigenvalue weighted by molar-refractivity contribution is 8.00. The molecule has 8 heteroatoms. The number of rotatable bonds is 5. The van der Waals surface area contributed by atoms with E-state index in [2.05, 4.69) is 5.32 Å². The van der Waals surface area contributed by atoms with Gasteiger partial charge in [-0.2, -0.15) is 4.39 Å². The zero-order chi connectivity index (χ0) is 12.8. The number of nitrogens with zero attached hydrogens (tertiary/aromatic N) is 1. The molecule has 6 nitrogen and oxygen atoms in total. The van der Waals surface area contributed by atoms with Crippen molar-refractivity contribution in [3.63, 3.8) is 0 Å². The SMILES string of the molecule is CNC(=O)/C(F)=C\N(C=O)C1CCC(CO)S1.O. The van der Waals surface area contributed by atoms with Gasteiger partial charge in [0.1, 0.15) is 0 Å². The fourth-order valence-corrected chi connectivity index (χ4v) is 2.86. The molecule has 1 aliphatic rings. The fourth-order valence-electron chi connectivity index (χ4n) is 1.53. The number of carbonyl (C=O) groups excluding carboxylic acids is 2. The number of thioether (sulfide) groups is 1. The van der Waals surface area contributed by atoms with Crippen LogP contribution in [0.1, 0.15) is 12.8 Å². The minimum absolute atomic E-state index is 0. The van der Waals surface area contributed by atoms with Gasteiger partial charge in [-0.05, 0) is 12.8 Å². The van der Waals surface area contributed by atoms with Crippen LogP contribution in [0.3, 0.4) is 0 Å². The third kappa shape index (κ3) is 4.28. The lowest BCUT2D eigenvalue weighted by atomic mass is 10.2. The number of likely N-dealkylation sites (N-methyl/N-ethyl adjacent to an activating group) is 1. The third-order valence-corrected chi connectivity index (χ3v) is 4.01. The maximum absolute atomic E-state index is 13.3. The lowest BCUT2D eigenvalue weighted by molar-refractivity contribution is -0.118. The summed E-state index contributed by atoms with van der Waals surface area (Å²) in [6.45, 7) is 0.0372. The van der Waals surface area contributed by atoms with Gasteiger partial charge in [0.25, 0.3) is 5.91 Å². The molecule has 2 unspecified atom stereocenters. The lowest BCUT2D eigenvalue weighted by Crippen LogP contribution is -2.27. The molecule has 0 spiro atoms. The Balaban J connectivity index is 0.00000289. The number of hydrogen-bond acceptors (Lipinski definition) is 4. The number of halogens is 1. The molecular weight excluding hydrogens is 263 g/mol. The van der Waals surface area contributed by atoms with Gasteiger partial charge < -0.3 is 20.8 Å². The smallest absolute Gasteiger partial charge is 0.281 e. The quantitative estimate of drug-likeness (QED) is 0.518. The second-order valence-corrected chi connectivity index (χ2v) is 5.06. The van der Waals surface area contributed by atoms with E-state index < -0.39 is 11.7 Å². The van der Waals surface area contributed by atoms with Crippen molar-refractivity contribution in [1.29, 1.82) is 0 Å². The summed E-state index contributed by atoms with van der Waals surface area (Å²) in [6, 6.07) is 0. The first-order valence-electron chi connectivity index (χ1n) is 5.20. The molecule has 1 fully saturated rings. The summed E-state index contributed by atoms with van der Waals surface area (Å²) in [6.07, 6.45) is 2.82. The van der Waals surface area contributed by atoms with E-state index in [1.807, 2.05) is 0 Å². The van der Waals surface area contributed by atoms with Crippen LogP contribution >= 0.6 is 11.8 Å². The number of hydrogen-bond donors (Lipinski definition) is 2. The molecule has 1 heterocycles. The average molecular weight is 280 g/mol. The maximum Gasteiger partial charge on any atom is 0.281 e. The minimum atomic E-state index is -1.01. The van der Waals surface area contributed by atoms with Gasteiger partial charge in [-0.15, -0.1) is 11.8 Å². The predicted octanol–water partition coefficient (Wildman–Crippen LogP) is -0.609. The van der Waals surface area contributed by atoms with E-state index in [1.165, 1.54) is 18.8 Å². The first-order chi connectivity index (χ1) is 8.12. The highest BCUT2D eigenvalue weighted by Crippen LogP contribution is 2.35. The standard InChI is InChI=1S/C10H15FN2O3S.H2O/c1-12-10(16)8(11)4-13(6-15)9-3-2-7(5-14)17-9;/h4,6-7,9,14H,2-3,5H2,1H3,(H,12,16);1H2/b8-4+;. The second kappa shape index (κ2) is 8.06. The van der Waals surface area contributed by atoms with Crippen LogP contribution in [0, 0.1) is 0 Å². The molecule has 0 aliphatic carbocycles. The molecule has 0 aromatic carbocycles. The van der Waals surface area contributed by atoms with E-state index in [9.17, 15) is 14.0 Å². The van der Waals surface area contributed by atoms with E-state index in [0.717, 1.165) is 17.5 Å². The Bertz CT molecular complexity index is 327. The maximum atomic E-state index is 13.3. The van der Waals surface area contributed by atoms with Crippen molar-refractivity contribution in [3.8, 4) is 0 Å². The number of nitrogens with one attached hydrogen (secondary N) is 1. The molecule has 4 N–H and O–H groups in total. The summed E-state index contributed by atoms with van der Waals surface area (Å²) in [7, 11) is 1.31. The molecule has 1 rings (SSSR count). The van der Waals surface area contributed by atoms with Crippen LogP contribution in [0.25, 0.3) is 0 Å². The van der Waals surface area contributed by atoms with Gasteiger partial charge in [-0.1, -0.05) is 0 Å². The molecule has 2 atom stereocenters. The van der Waals surface area contributed by atoms with Crippen LogP contribution in [-0.2, 0) is 9.59 Å². The molecular formula is C10H17FN2O4S. The van der Waals surface area contributed by atoms with Gasteiger partial charge in [0, 0.05) is 18.5 Å². The monoisotopic (exact) mass is 280 g/mol. The fraction of sp³-hybridized carbons (Fsp3) is 0.600. The Morgan fingerprint density at radius 3 is 2.72 bits per heavy atom. The van der Waals surface area contributed by atoms with Crippen LogP contribution in [-0.4, -0.2) is 52.1 Å². The Kier molecular flexibility index (Phi) is 7.56. The summed E-state index contributed by atoms with van der Waals surface area (Å²) in [5.74, 6) is -1.87. The minimum Gasteiger partial charge on any atom is -0.412 e. The normalized spacial score (nSPS) is 23.2. The van der Waals surface area contributed by atoms with Gasteiger partial charge in [-0.25, -0.2) is 0 Å². The molecule has 0 aromatic heterocycles. The Labute approximate surface area is 109 Å². The molecule has 0 aromatic rings. The summed E-state index contributed by atoms with van der Waals surface area (Å²) < 4.78 is 13.3. The van der Waals surface area contributed by atoms with Crippen molar-refractivity contribution in [3.05, 3.63) is 12.0 Å². The van der Waals surface area contributed by atoms with Gasteiger partial charge >= 0.3 is 0 Å². The van der Waals surface area contributed by atoms with Crippen molar-refractivity contribution in [1.82, 2.24) is 10.2 Å². The molecule has 2 amide bonds. The topological polar surface area (TPSA) is 101 Å². The molecule has 1 aliphatic heterocycles. The first-order valence-corrected chi connectivity index (χ1v) is 6.15. The first kappa shape index (κ1) is 16.9. The van der Waals surface area contributed by atoms with Crippen LogP contribution in [0.4, 0.5) is 4.39 Å². The van der Waals surface area contributed by atoms with Gasteiger partial charge in [-0.3, -0.25) is 9.59 Å². The number of aliphatic hydroxyl groups is 1. The highest BCUT2D eigenvalue weighted by Gasteiger charge is 2.28. The summed E-state index contributed by atoms with van der Waals surface area (Å²) in [4.78, 5) is 22.9. The Morgan fingerprint density at radius 1 is 1.61 bits per heavy atom. The van der Waals surface area contributed by atoms with Gasteiger partial charge in [0.05, 0.1) is 12.0 Å². The average Bonchev–Trinajstić information content (AvgIpc) is 2.83. The molecule has 1 saturated heterocycles. The molecule has 18 heavy (non-hydrogen) atoms. The van der Waals surface area contributed by atoms with E-state index in [-0.39, 0.29) is 22.7 Å². The predicted molar refractivity (Wildman–Crippen MR) is 66.3 cm³/mol. The van der Waals surface area contributed by atoms with Gasteiger partial charge in [0.2, 0.25) is 12.2 Å². The molecule has 0 radical (unpaired) electrons. The number of aliphatic hydroxyl groups excluding tert-OH is 1. The van der Waals surface area contributed by atoms with Crippen molar-refractivity contribution in [2.75, 3.05) is 13.7 Å². The third-order valence-electron chi connectivity index (χ3n) is 2.45. The molecule has 0 bridgehead atoms. The van der Waals surface area contributed by atoms with Crippen molar-refractivity contribution in [2.24, 2.45) is 0 Å². The summed E-state index contributed by atoms with van der Waals surface area (Å²) in [5, 5.41) is 10.9. The van der Waals surface area contributed by atoms with E-state index in [4.69, 9.17) is 5.11 Å². The molecule has 104 valence electrons. The second-order valence-electron chi connectivity index (χ2n) is 3.58. The Hall–Kier alpha value is -1.12. The van der Waals surface area contributed by atoms with E-state index >= 15 is 0 Å². The van der Waals surface area contributed by atoms with E-state index in [0.29, 0.717) is 12.8 Å². The zero-order valence-electron chi connectivity index (χ0n) is 9.93. The molecule has 0 saturated carbocycles. The zero-order valence-corrected chi connectivity index (χ0v) is 10.7. The summed E-state index contributed by atoms with van der Waals surface area (Å²) >= 11 is 1.41. The number of amides is 2. The van der Waals surface area contributed by atoms with Crippen LogP contribution in [0.15, 0.2) is 12.0 Å². The van der Waals surface area contributed by atoms with Gasteiger partial charge in [0.15, 0.2) is 0 Å². The highest BCUT2D eigenvalue weighted by atomic mass is 32.2. The largest absolute Gasteiger partial charge is 0.412 e.